The molecule has 1 aliphatic carbocycles. The van der Waals surface area contributed by atoms with Gasteiger partial charge in [0.15, 0.2) is 0 Å². The number of terminal acetylenes is 1. The summed E-state index contributed by atoms with van der Waals surface area (Å²) in [4.78, 5) is 2.50. The molecule has 20 heavy (non-hydrogen) atoms. The molecule has 1 aliphatic heterocycles. The highest BCUT2D eigenvalue weighted by Crippen LogP contribution is 2.47. The quantitative estimate of drug-likeness (QED) is 0.739. The first kappa shape index (κ1) is 14.3. The van der Waals surface area contributed by atoms with E-state index in [4.69, 9.17) is 29.6 Å². The summed E-state index contributed by atoms with van der Waals surface area (Å²) >= 11 is 12.2. The van der Waals surface area contributed by atoms with E-state index in [1.807, 2.05) is 12.1 Å². The van der Waals surface area contributed by atoms with Crippen LogP contribution in [0.25, 0.3) is 0 Å². The maximum Gasteiger partial charge on any atom is 0.0604 e. The van der Waals surface area contributed by atoms with Crippen molar-refractivity contribution in [2.45, 2.75) is 44.2 Å². The molecule has 3 heteroatoms. The average molecular weight is 308 g/mol. The van der Waals surface area contributed by atoms with Crippen molar-refractivity contribution in [2.24, 2.45) is 5.92 Å². The van der Waals surface area contributed by atoms with Gasteiger partial charge in [-0.05, 0) is 49.8 Å². The molecule has 0 bridgehead atoms. The maximum atomic E-state index is 6.17. The van der Waals surface area contributed by atoms with E-state index < -0.39 is 0 Å². The van der Waals surface area contributed by atoms with Gasteiger partial charge in [0.25, 0.3) is 0 Å². The molecule has 2 aliphatic rings. The Morgan fingerprint density at radius 1 is 1.30 bits per heavy atom. The Morgan fingerprint density at radius 3 is 2.65 bits per heavy atom. The van der Waals surface area contributed by atoms with Crippen molar-refractivity contribution in [3.63, 3.8) is 0 Å². The van der Waals surface area contributed by atoms with E-state index in [0.717, 1.165) is 12.5 Å². The summed E-state index contributed by atoms with van der Waals surface area (Å²) in [5.41, 5.74) is 1.29. The van der Waals surface area contributed by atoms with E-state index in [9.17, 15) is 0 Å². The molecule has 3 unspecified atom stereocenters. The maximum absolute atomic E-state index is 6.17. The minimum Gasteiger partial charge on any atom is -0.286 e. The lowest BCUT2D eigenvalue weighted by Crippen LogP contribution is -2.36. The number of nitrogens with zero attached hydrogens (tertiary/aromatic N) is 1. The van der Waals surface area contributed by atoms with Crippen molar-refractivity contribution in [1.29, 1.82) is 0 Å². The molecule has 1 heterocycles. The van der Waals surface area contributed by atoms with E-state index in [-0.39, 0.29) is 0 Å². The largest absolute Gasteiger partial charge is 0.286 e. The third-order valence-electron chi connectivity index (χ3n) is 4.84. The van der Waals surface area contributed by atoms with E-state index in [1.165, 1.54) is 24.8 Å². The van der Waals surface area contributed by atoms with Gasteiger partial charge < -0.3 is 0 Å². The molecule has 0 N–H and O–H groups in total. The van der Waals surface area contributed by atoms with Crippen molar-refractivity contribution in [1.82, 2.24) is 4.90 Å². The van der Waals surface area contributed by atoms with Crippen LogP contribution in [0.15, 0.2) is 18.2 Å². The van der Waals surface area contributed by atoms with E-state index in [0.29, 0.717) is 28.0 Å². The standard InChI is InChI=1S/C17H19Cl2N/c1-3-8-20-11(2)14(10-17(20)12-4-5-12)13-6-7-15(18)16(19)9-13/h1,6-7,9,11-12,14,17H,4-5,8,10H2,2H3. The van der Waals surface area contributed by atoms with Crippen LogP contribution >= 0.6 is 23.2 Å². The van der Waals surface area contributed by atoms with Gasteiger partial charge in [0.1, 0.15) is 0 Å². The summed E-state index contributed by atoms with van der Waals surface area (Å²) in [5, 5.41) is 1.27. The number of hydrogen-bond acceptors (Lipinski definition) is 1. The molecule has 0 amide bonds. The predicted octanol–water partition coefficient (Wildman–Crippen LogP) is 4.58. The lowest BCUT2D eigenvalue weighted by atomic mass is 9.91. The SMILES string of the molecule is C#CCN1C(C)C(c2ccc(Cl)c(Cl)c2)CC1C1CC1. The molecule has 1 saturated carbocycles. The van der Waals surface area contributed by atoms with Gasteiger partial charge >= 0.3 is 0 Å². The zero-order valence-corrected chi connectivity index (χ0v) is 13.2. The second-order valence-electron chi connectivity index (χ2n) is 6.04. The number of hydrogen-bond donors (Lipinski definition) is 0. The highest BCUT2D eigenvalue weighted by Gasteiger charge is 2.45. The van der Waals surface area contributed by atoms with Gasteiger partial charge in [0, 0.05) is 18.0 Å². The first-order chi connectivity index (χ1) is 9.61. The van der Waals surface area contributed by atoms with Crippen LogP contribution in [-0.4, -0.2) is 23.5 Å². The molecular weight excluding hydrogens is 289 g/mol. The van der Waals surface area contributed by atoms with E-state index >= 15 is 0 Å². The van der Waals surface area contributed by atoms with Crippen LogP contribution in [-0.2, 0) is 0 Å². The fourth-order valence-corrected chi connectivity index (χ4v) is 3.90. The molecule has 1 aromatic rings. The first-order valence-electron chi connectivity index (χ1n) is 7.26. The molecule has 1 nitrogen and oxygen atoms in total. The van der Waals surface area contributed by atoms with Crippen LogP contribution in [0.5, 0.6) is 0 Å². The molecule has 1 aromatic carbocycles. The lowest BCUT2D eigenvalue weighted by Gasteiger charge is -2.27. The summed E-state index contributed by atoms with van der Waals surface area (Å²) in [5.74, 6) is 4.17. The van der Waals surface area contributed by atoms with Gasteiger partial charge in [-0.25, -0.2) is 0 Å². The fourth-order valence-electron chi connectivity index (χ4n) is 3.59. The van der Waals surface area contributed by atoms with E-state index in [2.05, 4.69) is 23.8 Å². The second kappa shape index (κ2) is 5.60. The Kier molecular flexibility index (Phi) is 4.00. The third kappa shape index (κ3) is 2.58. The van der Waals surface area contributed by atoms with Crippen LogP contribution in [0.1, 0.15) is 37.7 Å². The third-order valence-corrected chi connectivity index (χ3v) is 5.58. The molecule has 0 radical (unpaired) electrons. The normalized spacial score (nSPS) is 30.4. The monoisotopic (exact) mass is 307 g/mol. The van der Waals surface area contributed by atoms with E-state index in [1.54, 1.807) is 0 Å². The Bertz CT molecular complexity index is 544. The lowest BCUT2D eigenvalue weighted by molar-refractivity contribution is 0.207. The smallest absolute Gasteiger partial charge is 0.0604 e. The highest BCUT2D eigenvalue weighted by atomic mass is 35.5. The molecular formula is C17H19Cl2N. The Morgan fingerprint density at radius 2 is 2.05 bits per heavy atom. The number of likely N-dealkylation sites (tertiary alicyclic amines) is 1. The highest BCUT2D eigenvalue weighted by molar-refractivity contribution is 6.42. The number of benzene rings is 1. The van der Waals surface area contributed by atoms with Crippen molar-refractivity contribution < 1.29 is 0 Å². The minimum atomic E-state index is 0.467. The topological polar surface area (TPSA) is 3.24 Å². The van der Waals surface area contributed by atoms with Gasteiger partial charge in [0.05, 0.1) is 16.6 Å². The summed E-state index contributed by atoms with van der Waals surface area (Å²) in [6.45, 7) is 3.03. The number of rotatable bonds is 3. The molecule has 0 aromatic heterocycles. The van der Waals surface area contributed by atoms with Crippen molar-refractivity contribution in [2.75, 3.05) is 6.54 Å². The van der Waals surface area contributed by atoms with Crippen LogP contribution in [0, 0.1) is 18.3 Å². The van der Waals surface area contributed by atoms with Gasteiger partial charge in [-0.15, -0.1) is 6.42 Å². The average Bonchev–Trinajstić information content (AvgIpc) is 3.21. The Hall–Kier alpha value is -0.680. The second-order valence-corrected chi connectivity index (χ2v) is 6.85. The van der Waals surface area contributed by atoms with Crippen molar-refractivity contribution in [3.05, 3.63) is 33.8 Å². The molecule has 1 saturated heterocycles. The molecule has 3 atom stereocenters. The first-order valence-corrected chi connectivity index (χ1v) is 8.01. The molecule has 106 valence electrons. The van der Waals surface area contributed by atoms with Crippen molar-refractivity contribution >= 4 is 23.2 Å². The summed E-state index contributed by atoms with van der Waals surface area (Å²) in [6, 6.07) is 7.14. The Labute approximate surface area is 131 Å². The van der Waals surface area contributed by atoms with Crippen molar-refractivity contribution in [3.8, 4) is 12.3 Å². The van der Waals surface area contributed by atoms with Crippen LogP contribution < -0.4 is 0 Å². The zero-order valence-electron chi connectivity index (χ0n) is 11.7. The van der Waals surface area contributed by atoms with Gasteiger partial charge in [-0.1, -0.05) is 35.2 Å². The van der Waals surface area contributed by atoms with Gasteiger partial charge in [-0.3, -0.25) is 4.90 Å². The summed E-state index contributed by atoms with van der Waals surface area (Å²) in [6.07, 6.45) is 9.44. The molecule has 0 spiro atoms. The Balaban J connectivity index is 1.86. The van der Waals surface area contributed by atoms with Crippen LogP contribution in [0.4, 0.5) is 0 Å². The minimum absolute atomic E-state index is 0.467. The zero-order chi connectivity index (χ0) is 14.3. The molecule has 3 rings (SSSR count). The van der Waals surface area contributed by atoms with Gasteiger partial charge in [0.2, 0.25) is 0 Å². The number of halogens is 2. The summed E-state index contributed by atoms with van der Waals surface area (Å²) in [7, 11) is 0. The summed E-state index contributed by atoms with van der Waals surface area (Å²) < 4.78 is 0. The predicted molar refractivity (Wildman–Crippen MR) is 85.3 cm³/mol. The fraction of sp³-hybridized carbons (Fsp3) is 0.529. The molecule has 2 fully saturated rings. The van der Waals surface area contributed by atoms with Gasteiger partial charge in [-0.2, -0.15) is 0 Å². The van der Waals surface area contributed by atoms with Crippen LogP contribution in [0.3, 0.4) is 0 Å². The van der Waals surface area contributed by atoms with Crippen LogP contribution in [0.2, 0.25) is 10.0 Å².